The van der Waals surface area contributed by atoms with Gasteiger partial charge in [-0.25, -0.2) is 0 Å². The van der Waals surface area contributed by atoms with Crippen LogP contribution in [-0.4, -0.2) is 23.3 Å². The van der Waals surface area contributed by atoms with Gasteiger partial charge in [0.2, 0.25) is 0 Å². The minimum Gasteiger partial charge on any atom is -0.393 e. The van der Waals surface area contributed by atoms with Gasteiger partial charge in [0.1, 0.15) is 6.29 Å². The first-order chi connectivity index (χ1) is 13.5. The summed E-state index contributed by atoms with van der Waals surface area (Å²) in [4.78, 5) is 23.1. The molecule has 1 N–H and O–H groups in total. The van der Waals surface area contributed by atoms with E-state index in [2.05, 4.69) is 19.1 Å². The zero-order valence-corrected chi connectivity index (χ0v) is 16.5. The van der Waals surface area contributed by atoms with Crippen LogP contribution < -0.4 is 0 Å². The van der Waals surface area contributed by atoms with E-state index in [4.69, 9.17) is 0 Å². The number of fused-ring (bicyclic) bond motifs is 4. The van der Waals surface area contributed by atoms with Gasteiger partial charge in [-0.05, 0) is 78.6 Å². The molecule has 5 rings (SSSR count). The number of carbonyl (C=O) groups is 2. The highest BCUT2D eigenvalue weighted by atomic mass is 16.3. The van der Waals surface area contributed by atoms with Crippen molar-refractivity contribution >= 4 is 12.1 Å². The Kier molecular flexibility index (Phi) is 4.20. The Labute approximate surface area is 166 Å². The molecule has 2 fully saturated rings. The number of carbonyl (C=O) groups excluding carboxylic acids is 2. The van der Waals surface area contributed by atoms with Crippen LogP contribution in [0.1, 0.15) is 73.7 Å². The lowest BCUT2D eigenvalue weighted by Crippen LogP contribution is -2.45. The summed E-state index contributed by atoms with van der Waals surface area (Å²) in [6.07, 6.45) is 9.09. The third kappa shape index (κ3) is 2.59. The summed E-state index contributed by atoms with van der Waals surface area (Å²) in [5, 5.41) is 10.9. The molecular formula is C25H28O3. The topological polar surface area (TPSA) is 54.4 Å². The molecule has 4 aliphatic rings. The summed E-state index contributed by atoms with van der Waals surface area (Å²) in [5.74, 6) is 1.58. The standard InChI is InChI=1S/C25H28O3/c1-25-13-21(16-4-2-15(14-26)3-5-16)24-19-9-7-18(27)12-17(19)6-8-20(24)22(25)10-11-23(25)28/h2-5,12,14,20-23,28H,6-11,13H2,1H3/t20-,21+,22+,23+,25-/m0/s1. The first-order valence-corrected chi connectivity index (χ1v) is 10.7. The molecule has 0 aromatic heterocycles. The van der Waals surface area contributed by atoms with E-state index >= 15 is 0 Å². The molecule has 0 aliphatic heterocycles. The maximum atomic E-state index is 12.0. The van der Waals surface area contributed by atoms with Crippen LogP contribution in [0.25, 0.3) is 0 Å². The number of aliphatic hydroxyl groups excluding tert-OH is 1. The second-order valence-electron chi connectivity index (χ2n) is 9.46. The summed E-state index contributed by atoms with van der Waals surface area (Å²) in [6.45, 7) is 2.29. The highest BCUT2D eigenvalue weighted by Crippen LogP contribution is 2.63. The fourth-order valence-electron chi connectivity index (χ4n) is 6.74. The number of allylic oxidation sites excluding steroid dienone is 4. The Morgan fingerprint density at radius 2 is 1.86 bits per heavy atom. The lowest BCUT2D eigenvalue weighted by atomic mass is 9.53. The van der Waals surface area contributed by atoms with Crippen molar-refractivity contribution < 1.29 is 14.7 Å². The van der Waals surface area contributed by atoms with Gasteiger partial charge in [0.15, 0.2) is 5.78 Å². The van der Waals surface area contributed by atoms with Crippen molar-refractivity contribution in [3.8, 4) is 0 Å². The summed E-state index contributed by atoms with van der Waals surface area (Å²) < 4.78 is 0. The molecule has 28 heavy (non-hydrogen) atoms. The van der Waals surface area contributed by atoms with E-state index in [1.54, 1.807) is 5.57 Å². The van der Waals surface area contributed by atoms with Gasteiger partial charge in [-0.1, -0.05) is 36.8 Å². The van der Waals surface area contributed by atoms with Gasteiger partial charge in [0, 0.05) is 17.9 Å². The lowest BCUT2D eigenvalue weighted by molar-refractivity contribution is -0.114. The minimum atomic E-state index is -0.231. The van der Waals surface area contributed by atoms with Crippen LogP contribution in [0.15, 0.2) is 47.1 Å². The molecule has 5 atom stereocenters. The molecule has 0 saturated heterocycles. The zero-order chi connectivity index (χ0) is 19.5. The van der Waals surface area contributed by atoms with Gasteiger partial charge in [0.05, 0.1) is 6.10 Å². The Bertz CT molecular complexity index is 891. The quantitative estimate of drug-likeness (QED) is 0.757. The summed E-state index contributed by atoms with van der Waals surface area (Å²) >= 11 is 0. The van der Waals surface area contributed by atoms with Crippen LogP contribution in [-0.2, 0) is 4.79 Å². The first kappa shape index (κ1) is 18.1. The van der Waals surface area contributed by atoms with E-state index < -0.39 is 0 Å². The Morgan fingerprint density at radius 3 is 2.61 bits per heavy atom. The van der Waals surface area contributed by atoms with Crippen LogP contribution in [0.4, 0.5) is 0 Å². The first-order valence-electron chi connectivity index (χ1n) is 10.7. The average Bonchev–Trinajstić information content (AvgIpc) is 3.01. The van der Waals surface area contributed by atoms with Gasteiger partial charge in [0.25, 0.3) is 0 Å². The molecule has 4 aliphatic carbocycles. The molecule has 0 radical (unpaired) electrons. The van der Waals surface area contributed by atoms with E-state index in [0.29, 0.717) is 23.8 Å². The van der Waals surface area contributed by atoms with Crippen LogP contribution >= 0.6 is 0 Å². The zero-order valence-electron chi connectivity index (χ0n) is 16.5. The van der Waals surface area contributed by atoms with Crippen LogP contribution in [0.2, 0.25) is 0 Å². The van der Waals surface area contributed by atoms with Gasteiger partial charge >= 0.3 is 0 Å². The minimum absolute atomic E-state index is 0.0472. The van der Waals surface area contributed by atoms with E-state index in [-0.39, 0.29) is 23.2 Å². The van der Waals surface area contributed by atoms with Crippen molar-refractivity contribution in [1.82, 2.24) is 0 Å². The van der Waals surface area contributed by atoms with Gasteiger partial charge in [-0.2, -0.15) is 0 Å². The Hall–Kier alpha value is -2.00. The number of aliphatic hydroxyl groups is 1. The van der Waals surface area contributed by atoms with Crippen molar-refractivity contribution in [1.29, 1.82) is 0 Å². The fourth-order valence-corrected chi connectivity index (χ4v) is 6.74. The third-order valence-corrected chi connectivity index (χ3v) is 8.16. The molecule has 0 bridgehead atoms. The molecule has 0 heterocycles. The lowest BCUT2D eigenvalue weighted by Gasteiger charge is -2.52. The van der Waals surface area contributed by atoms with Crippen molar-refractivity contribution in [3.05, 3.63) is 58.2 Å². The largest absolute Gasteiger partial charge is 0.393 e. The number of rotatable bonds is 2. The molecule has 0 unspecified atom stereocenters. The second kappa shape index (κ2) is 6.52. The van der Waals surface area contributed by atoms with Crippen LogP contribution in [0.3, 0.4) is 0 Å². The number of aldehydes is 1. The molecule has 0 spiro atoms. The third-order valence-electron chi connectivity index (χ3n) is 8.16. The number of hydrogen-bond acceptors (Lipinski definition) is 3. The van der Waals surface area contributed by atoms with Gasteiger partial charge in [-0.3, -0.25) is 9.59 Å². The average molecular weight is 376 g/mol. The molecule has 1 aromatic rings. The van der Waals surface area contributed by atoms with Crippen LogP contribution in [0, 0.1) is 17.3 Å². The normalized spacial score (nSPS) is 37.1. The Balaban J connectivity index is 1.67. The predicted molar refractivity (Wildman–Crippen MR) is 108 cm³/mol. The van der Waals surface area contributed by atoms with E-state index in [9.17, 15) is 14.7 Å². The van der Waals surface area contributed by atoms with Crippen molar-refractivity contribution in [2.45, 2.75) is 63.9 Å². The van der Waals surface area contributed by atoms with Crippen molar-refractivity contribution in [2.24, 2.45) is 17.3 Å². The predicted octanol–water partition coefficient (Wildman–Crippen LogP) is 4.76. The maximum Gasteiger partial charge on any atom is 0.156 e. The molecular weight excluding hydrogens is 348 g/mol. The molecule has 2 saturated carbocycles. The highest BCUT2D eigenvalue weighted by molar-refractivity contribution is 5.93. The smallest absolute Gasteiger partial charge is 0.156 e. The second-order valence-corrected chi connectivity index (χ2v) is 9.46. The van der Waals surface area contributed by atoms with E-state index in [1.807, 2.05) is 18.2 Å². The maximum absolute atomic E-state index is 12.0. The van der Waals surface area contributed by atoms with E-state index in [0.717, 1.165) is 44.8 Å². The molecule has 1 aromatic carbocycles. The summed E-state index contributed by atoms with van der Waals surface area (Å²) in [5.41, 5.74) is 6.14. The monoisotopic (exact) mass is 376 g/mol. The summed E-state index contributed by atoms with van der Waals surface area (Å²) in [6, 6.07) is 8.00. The van der Waals surface area contributed by atoms with Crippen molar-refractivity contribution in [3.63, 3.8) is 0 Å². The SMILES string of the molecule is C[C@]12C[C@H](c3ccc(C=O)cc3)C3=C4CCC(=O)C=C4CC[C@H]3[C@H]1CC[C@H]2O. The van der Waals surface area contributed by atoms with Gasteiger partial charge in [-0.15, -0.1) is 0 Å². The molecule has 0 amide bonds. The van der Waals surface area contributed by atoms with Crippen molar-refractivity contribution in [2.75, 3.05) is 0 Å². The fraction of sp³-hybridized carbons (Fsp3) is 0.520. The molecule has 3 nitrogen and oxygen atoms in total. The molecule has 3 heteroatoms. The molecule has 146 valence electrons. The van der Waals surface area contributed by atoms with Crippen LogP contribution in [0.5, 0.6) is 0 Å². The Morgan fingerprint density at radius 1 is 1.07 bits per heavy atom. The number of hydrogen-bond donors (Lipinski definition) is 1. The highest BCUT2D eigenvalue weighted by Gasteiger charge is 2.56. The number of benzene rings is 1. The number of ketones is 1. The van der Waals surface area contributed by atoms with E-state index in [1.165, 1.54) is 16.7 Å². The van der Waals surface area contributed by atoms with Gasteiger partial charge < -0.3 is 5.11 Å². The summed E-state index contributed by atoms with van der Waals surface area (Å²) in [7, 11) is 0.